The lowest BCUT2D eigenvalue weighted by atomic mass is 10.0. The number of aromatic amines is 1. The van der Waals surface area contributed by atoms with Gasteiger partial charge in [0.15, 0.2) is 5.03 Å². The maximum absolute atomic E-state index is 12.4. The molecule has 0 radical (unpaired) electrons. The minimum atomic E-state index is -3.40. The Labute approximate surface area is 102 Å². The summed E-state index contributed by atoms with van der Waals surface area (Å²) in [5.74, 6) is 0.972. The van der Waals surface area contributed by atoms with Gasteiger partial charge in [-0.05, 0) is 25.7 Å². The first-order valence-electron chi connectivity index (χ1n) is 5.96. The zero-order valence-electron chi connectivity index (χ0n) is 10.5. The van der Waals surface area contributed by atoms with Gasteiger partial charge in [-0.25, -0.2) is 13.4 Å². The monoisotopic (exact) mass is 257 g/mol. The van der Waals surface area contributed by atoms with Crippen LogP contribution in [0.2, 0.25) is 0 Å². The van der Waals surface area contributed by atoms with E-state index in [0.29, 0.717) is 18.3 Å². The van der Waals surface area contributed by atoms with Crippen molar-refractivity contribution in [1.29, 1.82) is 0 Å². The number of aromatic nitrogens is 2. The highest BCUT2D eigenvalue weighted by molar-refractivity contribution is 7.89. The number of hydrogen-bond donors (Lipinski definition) is 1. The van der Waals surface area contributed by atoms with Gasteiger partial charge in [-0.3, -0.25) is 0 Å². The summed E-state index contributed by atoms with van der Waals surface area (Å²) in [6.45, 7) is 6.50. The predicted octanol–water partition coefficient (Wildman–Crippen LogP) is 1.53. The standard InChI is InChI=1S/C11H19N3O2S/c1-8(2)10-5-4-6-14(10)17(15,16)11-7-12-9(3)13-11/h7-8,10H,4-6H2,1-3H3,(H,12,13). The Hall–Kier alpha value is -0.880. The van der Waals surface area contributed by atoms with E-state index >= 15 is 0 Å². The van der Waals surface area contributed by atoms with Crippen LogP contribution in [0, 0.1) is 12.8 Å². The molecule has 2 heterocycles. The number of rotatable bonds is 3. The maximum Gasteiger partial charge on any atom is 0.260 e. The number of H-pyrrole nitrogens is 1. The summed E-state index contributed by atoms with van der Waals surface area (Å²) in [5.41, 5.74) is 0. The molecule has 0 aromatic carbocycles. The second kappa shape index (κ2) is 4.42. The zero-order valence-corrected chi connectivity index (χ0v) is 11.3. The zero-order chi connectivity index (χ0) is 12.6. The Morgan fingerprint density at radius 1 is 1.53 bits per heavy atom. The molecule has 1 fully saturated rings. The summed E-state index contributed by atoms with van der Waals surface area (Å²) < 4.78 is 26.5. The Morgan fingerprint density at radius 3 is 2.76 bits per heavy atom. The summed E-state index contributed by atoms with van der Waals surface area (Å²) in [6, 6.07) is 0.114. The van der Waals surface area contributed by atoms with Crippen LogP contribution in [0.5, 0.6) is 0 Å². The molecule has 1 saturated heterocycles. The summed E-state index contributed by atoms with van der Waals surface area (Å²) >= 11 is 0. The number of imidazole rings is 1. The van der Waals surface area contributed by atoms with Crippen LogP contribution in [0.1, 0.15) is 32.5 Å². The Balaban J connectivity index is 2.32. The fourth-order valence-corrected chi connectivity index (χ4v) is 4.18. The van der Waals surface area contributed by atoms with Crippen molar-refractivity contribution in [3.05, 3.63) is 12.0 Å². The normalized spacial score (nSPS) is 22.5. The molecule has 2 rings (SSSR count). The fourth-order valence-electron chi connectivity index (χ4n) is 2.39. The van der Waals surface area contributed by atoms with E-state index < -0.39 is 10.0 Å². The van der Waals surface area contributed by atoms with Gasteiger partial charge in [-0.1, -0.05) is 13.8 Å². The van der Waals surface area contributed by atoms with E-state index in [1.165, 1.54) is 6.20 Å². The molecule has 17 heavy (non-hydrogen) atoms. The highest BCUT2D eigenvalue weighted by Gasteiger charge is 2.37. The van der Waals surface area contributed by atoms with Crippen LogP contribution >= 0.6 is 0 Å². The molecule has 1 aliphatic heterocycles. The van der Waals surface area contributed by atoms with Gasteiger partial charge in [0.1, 0.15) is 5.82 Å². The van der Waals surface area contributed by atoms with Crippen LogP contribution in [0.4, 0.5) is 0 Å². The van der Waals surface area contributed by atoms with Crippen molar-refractivity contribution in [2.75, 3.05) is 6.54 Å². The fraction of sp³-hybridized carbons (Fsp3) is 0.727. The van der Waals surface area contributed by atoms with E-state index in [2.05, 4.69) is 23.8 Å². The Kier molecular flexibility index (Phi) is 3.27. The summed E-state index contributed by atoms with van der Waals surface area (Å²) in [4.78, 5) is 6.77. The minimum absolute atomic E-state index is 0.114. The molecule has 1 unspecified atom stereocenters. The molecule has 5 nitrogen and oxygen atoms in total. The molecule has 1 N–H and O–H groups in total. The molecule has 0 saturated carbocycles. The third kappa shape index (κ3) is 2.24. The number of aryl methyl sites for hydroxylation is 1. The highest BCUT2D eigenvalue weighted by atomic mass is 32.2. The molecular weight excluding hydrogens is 238 g/mol. The predicted molar refractivity (Wildman–Crippen MR) is 65.1 cm³/mol. The summed E-state index contributed by atoms with van der Waals surface area (Å²) in [7, 11) is -3.40. The quantitative estimate of drug-likeness (QED) is 0.893. The summed E-state index contributed by atoms with van der Waals surface area (Å²) in [6.07, 6.45) is 3.29. The number of nitrogens with one attached hydrogen (secondary N) is 1. The molecule has 0 amide bonds. The average Bonchev–Trinajstić information content (AvgIpc) is 2.84. The molecule has 1 atom stereocenters. The van der Waals surface area contributed by atoms with Gasteiger partial charge in [0.25, 0.3) is 10.0 Å². The molecule has 96 valence electrons. The molecule has 1 aromatic rings. The van der Waals surface area contributed by atoms with Crippen LogP contribution in [-0.4, -0.2) is 35.3 Å². The third-order valence-corrected chi connectivity index (χ3v) is 5.12. The second-order valence-corrected chi connectivity index (χ2v) is 6.76. The van der Waals surface area contributed by atoms with Crippen molar-refractivity contribution >= 4 is 10.0 Å². The molecule has 1 aromatic heterocycles. The van der Waals surface area contributed by atoms with Crippen molar-refractivity contribution < 1.29 is 8.42 Å². The largest absolute Gasteiger partial charge is 0.332 e. The summed E-state index contributed by atoms with van der Waals surface area (Å²) in [5, 5.41) is 0.211. The van der Waals surface area contributed by atoms with Gasteiger partial charge < -0.3 is 4.98 Å². The highest BCUT2D eigenvalue weighted by Crippen LogP contribution is 2.29. The van der Waals surface area contributed by atoms with Crippen LogP contribution < -0.4 is 0 Å². The lowest BCUT2D eigenvalue weighted by Gasteiger charge is -2.26. The minimum Gasteiger partial charge on any atom is -0.332 e. The molecule has 6 heteroatoms. The van der Waals surface area contributed by atoms with E-state index in [9.17, 15) is 8.42 Å². The molecular formula is C11H19N3O2S. The van der Waals surface area contributed by atoms with E-state index in [4.69, 9.17) is 0 Å². The molecule has 0 spiro atoms. The van der Waals surface area contributed by atoms with Crippen LogP contribution in [0.15, 0.2) is 11.2 Å². The Morgan fingerprint density at radius 2 is 2.24 bits per heavy atom. The number of hydrogen-bond acceptors (Lipinski definition) is 3. The van der Waals surface area contributed by atoms with Gasteiger partial charge in [-0.2, -0.15) is 4.31 Å². The average molecular weight is 257 g/mol. The van der Waals surface area contributed by atoms with E-state index in [-0.39, 0.29) is 11.1 Å². The van der Waals surface area contributed by atoms with Crippen molar-refractivity contribution in [2.24, 2.45) is 5.92 Å². The number of nitrogens with zero attached hydrogens (tertiary/aromatic N) is 2. The van der Waals surface area contributed by atoms with Gasteiger partial charge in [0.2, 0.25) is 0 Å². The van der Waals surface area contributed by atoms with Gasteiger partial charge in [0.05, 0.1) is 6.20 Å². The van der Waals surface area contributed by atoms with Crippen LogP contribution in [0.3, 0.4) is 0 Å². The third-order valence-electron chi connectivity index (χ3n) is 3.28. The molecule has 0 bridgehead atoms. The van der Waals surface area contributed by atoms with Crippen molar-refractivity contribution in [1.82, 2.24) is 14.3 Å². The van der Waals surface area contributed by atoms with E-state index in [1.54, 1.807) is 11.2 Å². The smallest absolute Gasteiger partial charge is 0.260 e. The second-order valence-electron chi connectivity index (χ2n) is 4.90. The van der Waals surface area contributed by atoms with Gasteiger partial charge >= 0.3 is 0 Å². The Bertz CT molecular complexity index is 493. The maximum atomic E-state index is 12.4. The van der Waals surface area contributed by atoms with E-state index in [1.807, 2.05) is 0 Å². The van der Waals surface area contributed by atoms with Gasteiger partial charge in [0, 0.05) is 12.6 Å². The topological polar surface area (TPSA) is 66.1 Å². The SMILES string of the molecule is Cc1ncc(S(=O)(=O)N2CCCC2C(C)C)[nH]1. The van der Waals surface area contributed by atoms with Crippen molar-refractivity contribution in [3.63, 3.8) is 0 Å². The van der Waals surface area contributed by atoms with Crippen molar-refractivity contribution in [2.45, 2.75) is 44.7 Å². The first-order valence-corrected chi connectivity index (χ1v) is 7.40. The van der Waals surface area contributed by atoms with Gasteiger partial charge in [-0.15, -0.1) is 0 Å². The number of sulfonamides is 1. The van der Waals surface area contributed by atoms with Crippen LogP contribution in [-0.2, 0) is 10.0 Å². The lowest BCUT2D eigenvalue weighted by Crippen LogP contribution is -2.38. The molecule has 0 aliphatic carbocycles. The molecule has 1 aliphatic rings. The van der Waals surface area contributed by atoms with E-state index in [0.717, 1.165) is 12.8 Å². The first kappa shape index (κ1) is 12.6. The van der Waals surface area contributed by atoms with Crippen LogP contribution in [0.25, 0.3) is 0 Å². The first-order chi connectivity index (χ1) is 7.93. The van der Waals surface area contributed by atoms with Crippen molar-refractivity contribution in [3.8, 4) is 0 Å². The lowest BCUT2D eigenvalue weighted by molar-refractivity contribution is 0.315.